The van der Waals surface area contributed by atoms with Crippen molar-refractivity contribution in [2.75, 3.05) is 26.7 Å². The number of alkyl halides is 3. The monoisotopic (exact) mass is 394 g/mol. The minimum absolute atomic E-state index is 0.0813. The van der Waals surface area contributed by atoms with E-state index in [2.05, 4.69) is 4.90 Å². The van der Waals surface area contributed by atoms with Crippen LogP contribution < -0.4 is 0 Å². The van der Waals surface area contributed by atoms with Crippen LogP contribution >= 0.6 is 0 Å². The van der Waals surface area contributed by atoms with Crippen LogP contribution in [-0.2, 0) is 17.4 Å². The second-order valence-electron chi connectivity index (χ2n) is 7.19. The van der Waals surface area contributed by atoms with E-state index in [0.29, 0.717) is 5.56 Å². The average Bonchev–Trinajstić information content (AvgIpc) is 3.17. The first-order valence-corrected chi connectivity index (χ1v) is 9.69. The van der Waals surface area contributed by atoms with Crippen LogP contribution in [0.25, 0.3) is 0 Å². The maximum absolute atomic E-state index is 12.9. The fourth-order valence-electron chi connectivity index (χ4n) is 3.54. The summed E-state index contributed by atoms with van der Waals surface area (Å²) in [6.45, 7) is 6.73. The molecule has 0 aliphatic carbocycles. The summed E-state index contributed by atoms with van der Waals surface area (Å²) in [4.78, 5) is 17.0. The molecule has 1 atom stereocenters. The van der Waals surface area contributed by atoms with E-state index in [9.17, 15) is 18.0 Å². The van der Waals surface area contributed by atoms with Gasteiger partial charge in [0.15, 0.2) is 0 Å². The summed E-state index contributed by atoms with van der Waals surface area (Å²) < 4.78 is 38.2. The quantitative estimate of drug-likeness (QED) is 0.626. The van der Waals surface area contributed by atoms with Crippen molar-refractivity contribution in [3.8, 4) is 0 Å². The Hall–Kier alpha value is -2.08. The largest absolute Gasteiger partial charge is 0.416 e. The molecule has 1 unspecified atom stereocenters. The lowest BCUT2D eigenvalue weighted by Crippen LogP contribution is -2.45. The predicted octanol–water partition coefficient (Wildman–Crippen LogP) is 4.69. The molecule has 0 saturated carbocycles. The Kier molecular flexibility index (Phi) is 7.87. The Morgan fingerprint density at radius 1 is 1.18 bits per heavy atom. The van der Waals surface area contributed by atoms with Gasteiger partial charge in [-0.3, -0.25) is 4.79 Å². The first-order valence-electron chi connectivity index (χ1n) is 9.69. The van der Waals surface area contributed by atoms with Crippen molar-refractivity contribution >= 4 is 5.91 Å². The molecular formula is C22H29F3N2O. The zero-order chi connectivity index (χ0) is 20.7. The minimum Gasteiger partial charge on any atom is -0.337 e. The first-order chi connectivity index (χ1) is 13.3. The van der Waals surface area contributed by atoms with Gasteiger partial charge in [-0.05, 0) is 63.0 Å². The molecule has 2 rings (SSSR count). The van der Waals surface area contributed by atoms with Gasteiger partial charge in [0.05, 0.1) is 18.0 Å². The number of halogens is 3. The highest BCUT2D eigenvalue weighted by atomic mass is 19.4. The molecule has 1 aliphatic heterocycles. The molecule has 1 amide bonds. The Balaban J connectivity index is 2.13. The maximum atomic E-state index is 12.9. The van der Waals surface area contributed by atoms with Gasteiger partial charge in [0.25, 0.3) is 0 Å². The summed E-state index contributed by atoms with van der Waals surface area (Å²) in [6, 6.07) is 4.74. The number of hydrogen-bond donors (Lipinski definition) is 0. The van der Waals surface area contributed by atoms with Crippen molar-refractivity contribution in [2.24, 2.45) is 0 Å². The maximum Gasteiger partial charge on any atom is 0.416 e. The van der Waals surface area contributed by atoms with E-state index in [0.717, 1.165) is 37.3 Å². The van der Waals surface area contributed by atoms with Crippen LogP contribution in [0.3, 0.4) is 0 Å². The summed E-state index contributed by atoms with van der Waals surface area (Å²) in [6.07, 6.45) is 4.05. The number of likely N-dealkylation sites (tertiary alicyclic amines) is 1. The predicted molar refractivity (Wildman–Crippen MR) is 106 cm³/mol. The summed E-state index contributed by atoms with van der Waals surface area (Å²) in [7, 11) is 1.78. The second kappa shape index (κ2) is 9.92. The van der Waals surface area contributed by atoms with Crippen LogP contribution in [0, 0.1) is 0 Å². The van der Waals surface area contributed by atoms with Gasteiger partial charge in [0.2, 0.25) is 5.91 Å². The lowest BCUT2D eigenvalue weighted by atomic mass is 10.0. The van der Waals surface area contributed by atoms with Crippen LogP contribution in [0.15, 0.2) is 48.1 Å². The van der Waals surface area contributed by atoms with Crippen LogP contribution in [0.4, 0.5) is 13.2 Å². The highest BCUT2D eigenvalue weighted by Crippen LogP contribution is 2.29. The summed E-state index contributed by atoms with van der Waals surface area (Å²) in [5.41, 5.74) is 0.948. The Labute approximate surface area is 165 Å². The van der Waals surface area contributed by atoms with Crippen LogP contribution in [0.5, 0.6) is 0 Å². The molecule has 0 aromatic heterocycles. The van der Waals surface area contributed by atoms with Gasteiger partial charge in [-0.15, -0.1) is 0 Å². The van der Waals surface area contributed by atoms with E-state index in [1.165, 1.54) is 25.0 Å². The highest BCUT2D eigenvalue weighted by Gasteiger charge is 2.30. The van der Waals surface area contributed by atoms with Crippen molar-refractivity contribution < 1.29 is 18.0 Å². The van der Waals surface area contributed by atoms with Crippen molar-refractivity contribution in [3.63, 3.8) is 0 Å². The molecule has 0 spiro atoms. The van der Waals surface area contributed by atoms with E-state index in [1.807, 2.05) is 32.1 Å². The molecule has 1 fully saturated rings. The minimum atomic E-state index is -4.37. The number of allylic oxidation sites excluding steroid dienone is 2. The molecule has 0 radical (unpaired) electrons. The standard InChI is InChI=1S/C22H29F3N2O/c1-4-8-18(5-2)20(16-27-13-6-7-14-27)26(3)21(28)15-17-9-11-19(12-10-17)22(23,24)25/h4-5,8-12,20H,6-7,13-16H2,1-3H3/b8-4-,18-5+. The third-order valence-electron chi connectivity index (χ3n) is 5.20. The third kappa shape index (κ3) is 5.96. The SMILES string of the molecule is C/C=C\C(=C/C)C(CN1CCCC1)N(C)C(=O)Cc1ccc(C(F)(F)F)cc1. The van der Waals surface area contributed by atoms with Crippen LogP contribution in [0.1, 0.15) is 37.8 Å². The molecule has 1 aromatic rings. The first kappa shape index (κ1) is 22.2. The molecule has 28 heavy (non-hydrogen) atoms. The second-order valence-corrected chi connectivity index (χ2v) is 7.19. The van der Waals surface area contributed by atoms with Gasteiger partial charge >= 0.3 is 6.18 Å². The zero-order valence-corrected chi connectivity index (χ0v) is 16.8. The fourth-order valence-corrected chi connectivity index (χ4v) is 3.54. The van der Waals surface area contributed by atoms with Crippen LogP contribution in [0.2, 0.25) is 0 Å². The number of hydrogen-bond acceptors (Lipinski definition) is 2. The number of amides is 1. The van der Waals surface area contributed by atoms with Gasteiger partial charge in [0, 0.05) is 13.6 Å². The molecule has 154 valence electrons. The fraction of sp³-hybridized carbons (Fsp3) is 0.500. The zero-order valence-electron chi connectivity index (χ0n) is 16.8. The molecule has 0 bridgehead atoms. The van der Waals surface area contributed by atoms with E-state index in [-0.39, 0.29) is 18.4 Å². The van der Waals surface area contributed by atoms with Gasteiger partial charge in [-0.2, -0.15) is 13.2 Å². The molecule has 1 aliphatic rings. The smallest absolute Gasteiger partial charge is 0.337 e. The van der Waals surface area contributed by atoms with Gasteiger partial charge in [0.1, 0.15) is 0 Å². The van der Waals surface area contributed by atoms with Crippen molar-refractivity contribution in [3.05, 3.63) is 59.2 Å². The van der Waals surface area contributed by atoms with Crippen molar-refractivity contribution in [2.45, 2.75) is 45.3 Å². The lowest BCUT2D eigenvalue weighted by Gasteiger charge is -2.33. The van der Waals surface area contributed by atoms with E-state index < -0.39 is 11.7 Å². The molecule has 0 N–H and O–H groups in total. The van der Waals surface area contributed by atoms with Crippen molar-refractivity contribution in [1.29, 1.82) is 0 Å². The number of likely N-dealkylation sites (N-methyl/N-ethyl adjacent to an activating group) is 1. The molecule has 1 heterocycles. The third-order valence-corrected chi connectivity index (χ3v) is 5.20. The Morgan fingerprint density at radius 2 is 1.79 bits per heavy atom. The number of benzene rings is 1. The summed E-state index contributed by atoms with van der Waals surface area (Å²) in [5, 5.41) is 0. The van der Waals surface area contributed by atoms with Gasteiger partial charge < -0.3 is 9.80 Å². The molecule has 6 heteroatoms. The molecule has 3 nitrogen and oxygen atoms in total. The van der Waals surface area contributed by atoms with Gasteiger partial charge in [-0.1, -0.05) is 30.4 Å². The van der Waals surface area contributed by atoms with E-state index >= 15 is 0 Å². The number of rotatable bonds is 7. The molecule has 1 saturated heterocycles. The van der Waals surface area contributed by atoms with E-state index in [1.54, 1.807) is 11.9 Å². The number of carbonyl (C=O) groups excluding carboxylic acids is 1. The topological polar surface area (TPSA) is 23.6 Å². The Morgan fingerprint density at radius 3 is 2.29 bits per heavy atom. The highest BCUT2D eigenvalue weighted by molar-refractivity contribution is 5.79. The summed E-state index contributed by atoms with van der Waals surface area (Å²) >= 11 is 0. The normalized spacial score (nSPS) is 17.3. The van der Waals surface area contributed by atoms with Crippen LogP contribution in [-0.4, -0.2) is 48.4 Å². The average molecular weight is 394 g/mol. The lowest BCUT2D eigenvalue weighted by molar-refractivity contribution is -0.137. The number of nitrogens with zero attached hydrogens (tertiary/aromatic N) is 2. The molecular weight excluding hydrogens is 365 g/mol. The number of carbonyl (C=O) groups is 1. The van der Waals surface area contributed by atoms with Crippen molar-refractivity contribution in [1.82, 2.24) is 9.80 Å². The Bertz CT molecular complexity index is 701. The summed E-state index contributed by atoms with van der Waals surface area (Å²) in [5.74, 6) is -0.104. The van der Waals surface area contributed by atoms with E-state index in [4.69, 9.17) is 0 Å². The molecule has 1 aromatic carbocycles. The van der Waals surface area contributed by atoms with Gasteiger partial charge in [-0.25, -0.2) is 0 Å².